The predicted molar refractivity (Wildman–Crippen MR) is 66.1 cm³/mol. The zero-order chi connectivity index (χ0) is 13.3. The fourth-order valence-electron chi connectivity index (χ4n) is 1.78. The zero-order valence-electron chi connectivity index (χ0n) is 10.8. The lowest BCUT2D eigenvalue weighted by Gasteiger charge is -2.40. The maximum absolute atomic E-state index is 10.7. The van der Waals surface area contributed by atoms with E-state index in [1.807, 2.05) is 6.92 Å². The number of nitro benzene ring substituents is 1. The molecule has 18 heavy (non-hydrogen) atoms. The van der Waals surface area contributed by atoms with Crippen molar-refractivity contribution in [2.24, 2.45) is 5.41 Å². The van der Waals surface area contributed by atoms with Crippen LogP contribution in [0.25, 0.3) is 0 Å². The Bertz CT molecular complexity index is 458. The van der Waals surface area contributed by atoms with Gasteiger partial charge in [0, 0.05) is 23.1 Å². The standard InChI is InChI=1S/C13H17NO4/c1-9-13(2,3)8-17-12(18-9)10-5-4-6-11(7-10)14(15)16/h4-7,9,12H,8H2,1-3H3/t9-,12-/m0/s1. The first-order valence-electron chi connectivity index (χ1n) is 5.91. The van der Waals surface area contributed by atoms with Crippen molar-refractivity contribution in [3.8, 4) is 0 Å². The second kappa shape index (κ2) is 4.66. The van der Waals surface area contributed by atoms with Crippen molar-refractivity contribution in [1.82, 2.24) is 0 Å². The quantitative estimate of drug-likeness (QED) is 0.598. The molecule has 1 aliphatic heterocycles. The fraction of sp³-hybridized carbons (Fsp3) is 0.538. The van der Waals surface area contributed by atoms with Gasteiger partial charge < -0.3 is 9.47 Å². The number of hydrogen-bond donors (Lipinski definition) is 0. The van der Waals surface area contributed by atoms with Crippen LogP contribution in [0.5, 0.6) is 0 Å². The van der Waals surface area contributed by atoms with Crippen LogP contribution in [0.3, 0.4) is 0 Å². The summed E-state index contributed by atoms with van der Waals surface area (Å²) in [5, 5.41) is 10.7. The van der Waals surface area contributed by atoms with Gasteiger partial charge in [-0.05, 0) is 6.92 Å². The molecule has 2 atom stereocenters. The van der Waals surface area contributed by atoms with Gasteiger partial charge in [-0.15, -0.1) is 0 Å². The first kappa shape index (κ1) is 13.0. The molecule has 5 nitrogen and oxygen atoms in total. The predicted octanol–water partition coefficient (Wildman–Crippen LogP) is 3.05. The number of nitrogens with zero attached hydrogens (tertiary/aromatic N) is 1. The molecular formula is C13H17NO4. The van der Waals surface area contributed by atoms with Gasteiger partial charge in [0.25, 0.3) is 5.69 Å². The molecule has 0 spiro atoms. The van der Waals surface area contributed by atoms with Crippen LogP contribution in [0.15, 0.2) is 24.3 Å². The molecule has 0 aliphatic carbocycles. The highest BCUT2D eigenvalue weighted by atomic mass is 16.7. The van der Waals surface area contributed by atoms with Gasteiger partial charge in [-0.1, -0.05) is 26.0 Å². The summed E-state index contributed by atoms with van der Waals surface area (Å²) in [6, 6.07) is 6.38. The Morgan fingerprint density at radius 3 is 2.78 bits per heavy atom. The Morgan fingerprint density at radius 2 is 2.17 bits per heavy atom. The van der Waals surface area contributed by atoms with E-state index in [2.05, 4.69) is 13.8 Å². The summed E-state index contributed by atoms with van der Waals surface area (Å²) >= 11 is 0. The average molecular weight is 251 g/mol. The Kier molecular flexibility index (Phi) is 3.36. The van der Waals surface area contributed by atoms with E-state index in [1.54, 1.807) is 12.1 Å². The van der Waals surface area contributed by atoms with E-state index in [0.717, 1.165) is 0 Å². The minimum atomic E-state index is -0.520. The van der Waals surface area contributed by atoms with E-state index in [0.29, 0.717) is 12.2 Å². The molecule has 1 aliphatic rings. The lowest BCUT2D eigenvalue weighted by molar-refractivity contribution is -0.385. The third kappa shape index (κ3) is 2.52. The Balaban J connectivity index is 2.18. The third-order valence-electron chi connectivity index (χ3n) is 3.39. The summed E-state index contributed by atoms with van der Waals surface area (Å²) in [5.74, 6) is 0. The maximum Gasteiger partial charge on any atom is 0.269 e. The maximum atomic E-state index is 10.7. The highest BCUT2D eigenvalue weighted by molar-refractivity contribution is 5.34. The summed E-state index contributed by atoms with van der Waals surface area (Å²) in [6.45, 7) is 6.71. The third-order valence-corrected chi connectivity index (χ3v) is 3.39. The number of rotatable bonds is 2. The number of hydrogen-bond acceptors (Lipinski definition) is 4. The molecule has 0 bridgehead atoms. The average Bonchev–Trinajstić information content (AvgIpc) is 2.33. The molecule has 98 valence electrons. The molecule has 1 aromatic carbocycles. The minimum Gasteiger partial charge on any atom is -0.348 e. The Hall–Kier alpha value is -1.46. The van der Waals surface area contributed by atoms with Crippen molar-refractivity contribution in [2.75, 3.05) is 6.61 Å². The SMILES string of the molecule is C[C@@H]1O[C@@H](c2cccc([N+](=O)[O-])c2)OCC1(C)C. The molecule has 1 saturated heterocycles. The van der Waals surface area contributed by atoms with Gasteiger partial charge in [0.1, 0.15) is 0 Å². The Labute approximate surface area is 106 Å². The summed E-state index contributed by atoms with van der Waals surface area (Å²) in [6.07, 6.45) is -0.483. The zero-order valence-corrected chi connectivity index (χ0v) is 10.8. The van der Waals surface area contributed by atoms with Gasteiger partial charge in [0.15, 0.2) is 6.29 Å². The van der Waals surface area contributed by atoms with E-state index >= 15 is 0 Å². The first-order chi connectivity index (χ1) is 8.40. The molecule has 1 aromatic rings. The van der Waals surface area contributed by atoms with Crippen molar-refractivity contribution < 1.29 is 14.4 Å². The van der Waals surface area contributed by atoms with Gasteiger partial charge in [0.05, 0.1) is 17.6 Å². The highest BCUT2D eigenvalue weighted by Gasteiger charge is 2.36. The van der Waals surface area contributed by atoms with Crippen molar-refractivity contribution >= 4 is 5.69 Å². The largest absolute Gasteiger partial charge is 0.348 e. The van der Waals surface area contributed by atoms with E-state index in [1.165, 1.54) is 12.1 Å². The van der Waals surface area contributed by atoms with Crippen molar-refractivity contribution in [3.63, 3.8) is 0 Å². The molecule has 0 unspecified atom stereocenters. The van der Waals surface area contributed by atoms with Gasteiger partial charge >= 0.3 is 0 Å². The van der Waals surface area contributed by atoms with Crippen LogP contribution in [0.1, 0.15) is 32.6 Å². The molecule has 0 aromatic heterocycles. The van der Waals surface area contributed by atoms with E-state index in [9.17, 15) is 10.1 Å². The molecule has 0 N–H and O–H groups in total. The van der Waals surface area contributed by atoms with Crippen LogP contribution in [-0.4, -0.2) is 17.6 Å². The van der Waals surface area contributed by atoms with Gasteiger partial charge in [-0.25, -0.2) is 0 Å². The fourth-order valence-corrected chi connectivity index (χ4v) is 1.78. The molecule has 5 heteroatoms. The second-order valence-electron chi connectivity index (χ2n) is 5.26. The normalized spacial score (nSPS) is 26.8. The summed E-state index contributed by atoms with van der Waals surface area (Å²) in [7, 11) is 0. The Morgan fingerprint density at radius 1 is 1.44 bits per heavy atom. The van der Waals surface area contributed by atoms with Crippen molar-refractivity contribution in [1.29, 1.82) is 0 Å². The van der Waals surface area contributed by atoms with Crippen LogP contribution in [-0.2, 0) is 9.47 Å². The van der Waals surface area contributed by atoms with Crippen LogP contribution in [0.2, 0.25) is 0 Å². The van der Waals surface area contributed by atoms with Crippen molar-refractivity contribution in [3.05, 3.63) is 39.9 Å². The molecule has 1 fully saturated rings. The monoisotopic (exact) mass is 251 g/mol. The minimum absolute atomic E-state index is 0.0375. The second-order valence-corrected chi connectivity index (χ2v) is 5.26. The van der Waals surface area contributed by atoms with Crippen LogP contribution in [0, 0.1) is 15.5 Å². The van der Waals surface area contributed by atoms with Crippen molar-refractivity contribution in [2.45, 2.75) is 33.2 Å². The highest BCUT2D eigenvalue weighted by Crippen LogP contribution is 2.36. The van der Waals surface area contributed by atoms with E-state index < -0.39 is 11.2 Å². The number of non-ortho nitro benzene ring substituents is 1. The van der Waals surface area contributed by atoms with Crippen LogP contribution >= 0.6 is 0 Å². The molecular weight excluding hydrogens is 234 g/mol. The summed E-state index contributed by atoms with van der Waals surface area (Å²) in [5.41, 5.74) is 0.695. The topological polar surface area (TPSA) is 61.6 Å². The number of nitro groups is 1. The lowest BCUT2D eigenvalue weighted by Crippen LogP contribution is -2.40. The summed E-state index contributed by atoms with van der Waals surface area (Å²) < 4.78 is 11.4. The lowest BCUT2D eigenvalue weighted by atomic mass is 9.87. The number of benzene rings is 1. The van der Waals surface area contributed by atoms with Crippen LogP contribution < -0.4 is 0 Å². The molecule has 1 heterocycles. The van der Waals surface area contributed by atoms with Gasteiger partial charge in [-0.3, -0.25) is 10.1 Å². The van der Waals surface area contributed by atoms with Crippen LogP contribution in [0.4, 0.5) is 5.69 Å². The molecule has 0 amide bonds. The van der Waals surface area contributed by atoms with Gasteiger partial charge in [-0.2, -0.15) is 0 Å². The molecule has 2 rings (SSSR count). The van der Waals surface area contributed by atoms with E-state index in [-0.39, 0.29) is 17.2 Å². The number of ether oxygens (including phenoxy) is 2. The molecule has 0 saturated carbocycles. The molecule has 0 radical (unpaired) electrons. The first-order valence-corrected chi connectivity index (χ1v) is 5.91. The summed E-state index contributed by atoms with van der Waals surface area (Å²) in [4.78, 5) is 10.3. The van der Waals surface area contributed by atoms with E-state index in [4.69, 9.17) is 9.47 Å². The smallest absolute Gasteiger partial charge is 0.269 e. The van der Waals surface area contributed by atoms with Gasteiger partial charge in [0.2, 0.25) is 0 Å².